The molecular formula is C25H21F3N2O2. The average Bonchev–Trinajstić information content (AvgIpc) is 3.10. The summed E-state index contributed by atoms with van der Waals surface area (Å²) < 4.78 is 42.2. The van der Waals surface area contributed by atoms with Crippen LogP contribution in [0.2, 0.25) is 0 Å². The van der Waals surface area contributed by atoms with Gasteiger partial charge < -0.3 is 4.74 Å². The van der Waals surface area contributed by atoms with Gasteiger partial charge >= 0.3 is 6.36 Å². The second-order valence-electron chi connectivity index (χ2n) is 7.51. The van der Waals surface area contributed by atoms with Crippen LogP contribution in [-0.2, 0) is 4.79 Å². The summed E-state index contributed by atoms with van der Waals surface area (Å²) >= 11 is 0. The van der Waals surface area contributed by atoms with Crippen LogP contribution in [0.15, 0.2) is 89.9 Å². The van der Waals surface area contributed by atoms with E-state index < -0.39 is 12.4 Å². The molecule has 1 amide bonds. The van der Waals surface area contributed by atoms with Crippen LogP contribution in [0.4, 0.5) is 18.9 Å². The molecule has 0 unspecified atom stereocenters. The van der Waals surface area contributed by atoms with Gasteiger partial charge in [0.05, 0.1) is 12.1 Å². The van der Waals surface area contributed by atoms with Crippen LogP contribution in [0.3, 0.4) is 0 Å². The summed E-state index contributed by atoms with van der Waals surface area (Å²) in [7, 11) is 0. The number of hydrogen-bond acceptors (Lipinski definition) is 3. The van der Waals surface area contributed by atoms with Crippen LogP contribution >= 0.6 is 0 Å². The second kappa shape index (κ2) is 8.86. The molecule has 0 N–H and O–H groups in total. The van der Waals surface area contributed by atoms with Gasteiger partial charge in [0.25, 0.3) is 5.91 Å². The Hall–Kier alpha value is -3.61. The number of ether oxygens (including phenoxy) is 1. The molecule has 3 aromatic rings. The van der Waals surface area contributed by atoms with Crippen LogP contribution in [0.1, 0.15) is 36.6 Å². The third-order valence-electron chi connectivity index (χ3n) is 5.31. The molecule has 0 spiro atoms. The zero-order valence-corrected chi connectivity index (χ0v) is 17.3. The van der Waals surface area contributed by atoms with Crippen LogP contribution < -0.4 is 9.64 Å². The zero-order chi connectivity index (χ0) is 22.7. The highest BCUT2D eigenvalue weighted by Gasteiger charge is 2.39. The van der Waals surface area contributed by atoms with E-state index in [-0.39, 0.29) is 24.1 Å². The highest BCUT2D eigenvalue weighted by atomic mass is 19.4. The minimum Gasteiger partial charge on any atom is -0.406 e. The molecule has 2 atom stereocenters. The fourth-order valence-electron chi connectivity index (χ4n) is 3.86. The number of carbonyl (C=O) groups is 1. The molecular weight excluding hydrogens is 417 g/mol. The number of anilines is 1. The summed E-state index contributed by atoms with van der Waals surface area (Å²) in [6, 6.07) is 23.7. The zero-order valence-electron chi connectivity index (χ0n) is 17.3. The highest BCUT2D eigenvalue weighted by Crippen LogP contribution is 2.38. The van der Waals surface area contributed by atoms with E-state index in [1.54, 1.807) is 23.1 Å². The predicted octanol–water partition coefficient (Wildman–Crippen LogP) is 6.27. The van der Waals surface area contributed by atoms with Crippen molar-refractivity contribution in [2.24, 2.45) is 4.99 Å². The molecule has 4 rings (SSSR count). The largest absolute Gasteiger partial charge is 0.573 e. The summed E-state index contributed by atoms with van der Waals surface area (Å²) in [5.41, 5.74) is 2.56. The Morgan fingerprint density at radius 2 is 1.62 bits per heavy atom. The lowest BCUT2D eigenvalue weighted by Crippen LogP contribution is -2.29. The topological polar surface area (TPSA) is 41.9 Å². The number of carbonyl (C=O) groups excluding carboxylic acids is 1. The fraction of sp³-hybridized carbons (Fsp3) is 0.200. The molecule has 7 heteroatoms. The lowest BCUT2D eigenvalue weighted by Gasteiger charge is -2.25. The van der Waals surface area contributed by atoms with E-state index in [4.69, 9.17) is 0 Å². The Kier molecular flexibility index (Phi) is 5.99. The minimum atomic E-state index is -4.79. The van der Waals surface area contributed by atoms with Crippen molar-refractivity contribution in [3.63, 3.8) is 0 Å². The van der Waals surface area contributed by atoms with Crippen LogP contribution in [-0.4, -0.2) is 18.0 Å². The van der Waals surface area contributed by atoms with Crippen molar-refractivity contribution in [2.75, 3.05) is 4.90 Å². The van der Waals surface area contributed by atoms with Crippen LogP contribution in [0.5, 0.6) is 5.75 Å². The van der Waals surface area contributed by atoms with Gasteiger partial charge in [-0.05, 0) is 42.3 Å². The lowest BCUT2D eigenvalue weighted by atomic mass is 10.0. The first kappa shape index (κ1) is 21.6. The molecule has 1 aliphatic rings. The summed E-state index contributed by atoms with van der Waals surface area (Å²) in [5.74, 6) is -0.579. The maximum atomic E-state index is 13.4. The van der Waals surface area contributed by atoms with E-state index in [2.05, 4.69) is 9.73 Å². The normalized spacial score (nSPS) is 18.8. The summed E-state index contributed by atoms with van der Waals surface area (Å²) in [6.07, 6.45) is -4.51. The van der Waals surface area contributed by atoms with Gasteiger partial charge in [0.1, 0.15) is 11.5 Å². The predicted molar refractivity (Wildman–Crippen MR) is 117 cm³/mol. The van der Waals surface area contributed by atoms with E-state index in [0.717, 1.165) is 5.56 Å². The van der Waals surface area contributed by atoms with Crippen molar-refractivity contribution in [1.82, 2.24) is 0 Å². The molecule has 1 heterocycles. The number of aliphatic imine (C=N–C) groups is 1. The number of para-hydroxylation sites is 1. The Morgan fingerprint density at radius 3 is 2.28 bits per heavy atom. The second-order valence-corrected chi connectivity index (χ2v) is 7.51. The van der Waals surface area contributed by atoms with Gasteiger partial charge in [-0.15, -0.1) is 13.2 Å². The molecule has 1 saturated heterocycles. The minimum absolute atomic E-state index is 0.230. The number of benzene rings is 3. The maximum absolute atomic E-state index is 13.4. The van der Waals surface area contributed by atoms with Gasteiger partial charge in [-0.1, -0.05) is 60.7 Å². The molecule has 0 radical (unpaired) electrons. The number of halogens is 3. The molecule has 0 aromatic heterocycles. The summed E-state index contributed by atoms with van der Waals surface area (Å²) in [5, 5.41) is 0. The first-order valence-electron chi connectivity index (χ1n) is 10.2. The number of nitrogens with zero attached hydrogens (tertiary/aromatic N) is 2. The van der Waals surface area contributed by atoms with Gasteiger partial charge in [0.15, 0.2) is 0 Å². The molecule has 1 fully saturated rings. The van der Waals surface area contributed by atoms with E-state index >= 15 is 0 Å². The third kappa shape index (κ3) is 4.82. The lowest BCUT2D eigenvalue weighted by molar-refractivity contribution is -0.274. The molecule has 164 valence electrons. The van der Waals surface area contributed by atoms with E-state index in [0.29, 0.717) is 17.0 Å². The van der Waals surface area contributed by atoms with E-state index in [1.807, 2.05) is 55.5 Å². The Bertz CT molecular complexity index is 1110. The molecule has 0 saturated carbocycles. The SMILES string of the molecule is C[C@@H](N=C1C[C@H](c2cccc(OC(F)(F)F)c2)N(c2ccccc2)C1=O)c1ccccc1. The van der Waals surface area contributed by atoms with Gasteiger partial charge in [0, 0.05) is 12.1 Å². The molecule has 4 nitrogen and oxygen atoms in total. The average molecular weight is 438 g/mol. The van der Waals surface area contributed by atoms with Crippen LogP contribution in [0, 0.1) is 0 Å². The Balaban J connectivity index is 1.71. The number of rotatable bonds is 5. The van der Waals surface area contributed by atoms with Crippen molar-refractivity contribution in [2.45, 2.75) is 31.8 Å². The van der Waals surface area contributed by atoms with Crippen molar-refractivity contribution in [1.29, 1.82) is 0 Å². The van der Waals surface area contributed by atoms with Gasteiger partial charge in [-0.3, -0.25) is 14.7 Å². The van der Waals surface area contributed by atoms with Crippen molar-refractivity contribution in [3.8, 4) is 5.75 Å². The third-order valence-corrected chi connectivity index (χ3v) is 5.31. The van der Waals surface area contributed by atoms with Crippen molar-refractivity contribution in [3.05, 3.63) is 96.1 Å². The molecule has 0 bridgehead atoms. The van der Waals surface area contributed by atoms with Crippen molar-refractivity contribution < 1.29 is 22.7 Å². The van der Waals surface area contributed by atoms with E-state index in [1.165, 1.54) is 18.2 Å². The number of hydrogen-bond donors (Lipinski definition) is 0. The summed E-state index contributed by atoms with van der Waals surface area (Å²) in [6.45, 7) is 1.91. The Morgan fingerprint density at radius 1 is 0.969 bits per heavy atom. The first-order valence-corrected chi connectivity index (χ1v) is 10.2. The van der Waals surface area contributed by atoms with E-state index in [9.17, 15) is 18.0 Å². The molecule has 1 aliphatic heterocycles. The number of amides is 1. The number of alkyl halides is 3. The molecule has 0 aliphatic carbocycles. The first-order chi connectivity index (χ1) is 15.3. The maximum Gasteiger partial charge on any atom is 0.573 e. The fourth-order valence-corrected chi connectivity index (χ4v) is 3.86. The van der Waals surface area contributed by atoms with Gasteiger partial charge in [0.2, 0.25) is 0 Å². The molecule has 32 heavy (non-hydrogen) atoms. The Labute approximate surface area is 184 Å². The van der Waals surface area contributed by atoms with Gasteiger partial charge in [-0.2, -0.15) is 0 Å². The quantitative estimate of drug-likeness (QED) is 0.471. The van der Waals surface area contributed by atoms with Gasteiger partial charge in [-0.25, -0.2) is 0 Å². The van der Waals surface area contributed by atoms with Crippen molar-refractivity contribution >= 4 is 17.3 Å². The molecule has 3 aromatic carbocycles. The smallest absolute Gasteiger partial charge is 0.406 e. The summed E-state index contributed by atoms with van der Waals surface area (Å²) in [4.78, 5) is 19.6. The van der Waals surface area contributed by atoms with Crippen LogP contribution in [0.25, 0.3) is 0 Å². The highest BCUT2D eigenvalue weighted by molar-refractivity contribution is 6.46. The monoisotopic (exact) mass is 438 g/mol. The standard InChI is InChI=1S/C25H21F3N2O2/c1-17(18-9-4-2-5-10-18)29-22-16-23(30(24(22)31)20-12-6-3-7-13-20)19-11-8-14-21(15-19)32-25(26,27)28/h2-15,17,23H,16H2,1H3/t17-,23-/m1/s1.